The highest BCUT2D eigenvalue weighted by Crippen LogP contribution is 2.31. The van der Waals surface area contributed by atoms with Gasteiger partial charge in [-0.2, -0.15) is 0 Å². The highest BCUT2D eigenvalue weighted by molar-refractivity contribution is 7.17. The van der Waals surface area contributed by atoms with Crippen molar-refractivity contribution in [3.8, 4) is 5.75 Å². The van der Waals surface area contributed by atoms with Crippen molar-refractivity contribution in [2.45, 2.75) is 0 Å². The smallest absolute Gasteiger partial charge is 0.160 e. The van der Waals surface area contributed by atoms with Crippen LogP contribution in [-0.4, -0.2) is 20.4 Å². The van der Waals surface area contributed by atoms with Crippen LogP contribution >= 0.6 is 11.3 Å². The highest BCUT2D eigenvalue weighted by Gasteiger charge is 2.07. The zero-order chi connectivity index (χ0) is 12.3. The maximum absolute atomic E-state index is 10.7. The molecule has 0 radical (unpaired) electrons. The van der Waals surface area contributed by atoms with E-state index in [2.05, 4.69) is 0 Å². The summed E-state index contributed by atoms with van der Waals surface area (Å²) in [6, 6.07) is 11.6. The molecule has 0 N–H and O–H groups in total. The average molecular weight is 247 g/mol. The molecule has 3 nitrogen and oxygen atoms in total. The van der Waals surface area contributed by atoms with Crippen LogP contribution in [0.4, 0.5) is 10.7 Å². The first kappa shape index (κ1) is 11.7. The van der Waals surface area contributed by atoms with Gasteiger partial charge in [-0.15, -0.1) is 11.3 Å². The summed E-state index contributed by atoms with van der Waals surface area (Å²) in [7, 11) is 3.62. The van der Waals surface area contributed by atoms with E-state index in [-0.39, 0.29) is 0 Å². The Hall–Kier alpha value is -1.81. The van der Waals surface area contributed by atoms with Crippen molar-refractivity contribution in [1.82, 2.24) is 0 Å². The fourth-order valence-corrected chi connectivity index (χ4v) is 2.34. The second-order valence-electron chi connectivity index (χ2n) is 3.55. The van der Waals surface area contributed by atoms with Gasteiger partial charge in [0.1, 0.15) is 5.75 Å². The van der Waals surface area contributed by atoms with E-state index >= 15 is 0 Å². The second-order valence-corrected chi connectivity index (χ2v) is 4.65. The predicted molar refractivity (Wildman–Crippen MR) is 70.8 cm³/mol. The molecule has 0 aliphatic rings. The molecule has 0 saturated carbocycles. The number of aldehydes is 1. The number of carbonyl (C=O) groups is 1. The van der Waals surface area contributed by atoms with Crippen LogP contribution in [0.2, 0.25) is 0 Å². The molecular weight excluding hydrogens is 234 g/mol. The summed E-state index contributed by atoms with van der Waals surface area (Å²) >= 11 is 1.47. The normalized spacial score (nSPS) is 10.0. The van der Waals surface area contributed by atoms with Gasteiger partial charge in [0.15, 0.2) is 6.29 Å². The van der Waals surface area contributed by atoms with Gasteiger partial charge in [0.25, 0.3) is 0 Å². The second kappa shape index (κ2) is 5.01. The van der Waals surface area contributed by atoms with E-state index in [9.17, 15) is 4.79 Å². The lowest BCUT2D eigenvalue weighted by Gasteiger charge is -2.17. The number of carbonyl (C=O) groups excluding carboxylic acids is 1. The summed E-state index contributed by atoms with van der Waals surface area (Å²) in [6.07, 6.45) is 0.869. The van der Waals surface area contributed by atoms with Crippen LogP contribution in [0.15, 0.2) is 36.4 Å². The molecule has 17 heavy (non-hydrogen) atoms. The van der Waals surface area contributed by atoms with Crippen LogP contribution in [0.5, 0.6) is 5.75 Å². The van der Waals surface area contributed by atoms with Crippen LogP contribution in [-0.2, 0) is 0 Å². The fraction of sp³-hybridized carbons (Fsp3) is 0.154. The van der Waals surface area contributed by atoms with Crippen LogP contribution in [0, 0.1) is 0 Å². The first-order valence-corrected chi connectivity index (χ1v) is 5.99. The molecule has 1 aromatic carbocycles. The summed E-state index contributed by atoms with van der Waals surface area (Å²) in [6.45, 7) is 0. The van der Waals surface area contributed by atoms with Gasteiger partial charge in [-0.25, -0.2) is 0 Å². The Kier molecular flexibility index (Phi) is 3.44. The minimum Gasteiger partial charge on any atom is -0.497 e. The zero-order valence-electron chi connectivity index (χ0n) is 9.71. The summed E-state index contributed by atoms with van der Waals surface area (Å²) in [4.78, 5) is 13.4. The third-order valence-corrected chi connectivity index (χ3v) is 3.59. The maximum Gasteiger partial charge on any atom is 0.160 e. The fourth-order valence-electron chi connectivity index (χ4n) is 1.53. The van der Waals surface area contributed by atoms with E-state index in [0.717, 1.165) is 27.6 Å². The molecule has 0 atom stereocenters. The Morgan fingerprint density at radius 2 is 2.12 bits per heavy atom. The van der Waals surface area contributed by atoms with E-state index in [4.69, 9.17) is 4.74 Å². The molecule has 0 bridgehead atoms. The number of hydrogen-bond acceptors (Lipinski definition) is 4. The minimum atomic E-state index is 0.731. The van der Waals surface area contributed by atoms with Crippen molar-refractivity contribution >= 4 is 28.3 Å². The third-order valence-electron chi connectivity index (χ3n) is 2.50. The van der Waals surface area contributed by atoms with Crippen molar-refractivity contribution < 1.29 is 9.53 Å². The molecule has 1 heterocycles. The molecule has 0 fully saturated rings. The number of benzene rings is 1. The van der Waals surface area contributed by atoms with Gasteiger partial charge in [-0.1, -0.05) is 6.07 Å². The standard InChI is InChI=1S/C13H13NO2S/c1-14(13-7-6-12(9-15)17-13)10-4-3-5-11(8-10)16-2/h3-9H,1-2H3. The summed E-state index contributed by atoms with van der Waals surface area (Å²) in [5, 5.41) is 1.03. The molecule has 0 aliphatic carbocycles. The number of thiophene rings is 1. The van der Waals surface area contributed by atoms with Crippen LogP contribution in [0.25, 0.3) is 0 Å². The van der Waals surface area contributed by atoms with Crippen molar-refractivity contribution in [1.29, 1.82) is 0 Å². The van der Waals surface area contributed by atoms with E-state index in [1.54, 1.807) is 7.11 Å². The van der Waals surface area contributed by atoms with Gasteiger partial charge in [0.05, 0.1) is 17.0 Å². The summed E-state index contributed by atoms with van der Waals surface area (Å²) in [5.41, 5.74) is 1.03. The summed E-state index contributed by atoms with van der Waals surface area (Å²) in [5.74, 6) is 0.821. The van der Waals surface area contributed by atoms with Gasteiger partial charge < -0.3 is 9.64 Å². The van der Waals surface area contributed by atoms with Gasteiger partial charge in [-0.3, -0.25) is 4.79 Å². The van der Waals surface area contributed by atoms with E-state index in [1.807, 2.05) is 48.3 Å². The first-order chi connectivity index (χ1) is 8.24. The monoisotopic (exact) mass is 247 g/mol. The molecule has 0 amide bonds. The molecule has 0 unspecified atom stereocenters. The molecule has 0 spiro atoms. The quantitative estimate of drug-likeness (QED) is 0.776. The average Bonchev–Trinajstić information content (AvgIpc) is 2.86. The van der Waals surface area contributed by atoms with Gasteiger partial charge >= 0.3 is 0 Å². The van der Waals surface area contributed by atoms with Gasteiger partial charge in [0, 0.05) is 18.8 Å². The van der Waals surface area contributed by atoms with Gasteiger partial charge in [0.2, 0.25) is 0 Å². The van der Waals surface area contributed by atoms with Crippen molar-refractivity contribution in [2.24, 2.45) is 0 Å². The maximum atomic E-state index is 10.7. The Labute approximate surface area is 104 Å². The van der Waals surface area contributed by atoms with Crippen molar-refractivity contribution in [3.63, 3.8) is 0 Å². The van der Waals surface area contributed by atoms with Crippen LogP contribution in [0.3, 0.4) is 0 Å². The van der Waals surface area contributed by atoms with Crippen molar-refractivity contribution in [3.05, 3.63) is 41.3 Å². The Balaban J connectivity index is 2.29. The molecule has 2 aromatic rings. The zero-order valence-corrected chi connectivity index (χ0v) is 10.5. The Bertz CT molecular complexity index is 522. The topological polar surface area (TPSA) is 29.5 Å². The highest BCUT2D eigenvalue weighted by atomic mass is 32.1. The van der Waals surface area contributed by atoms with Gasteiger partial charge in [-0.05, 0) is 24.3 Å². The lowest BCUT2D eigenvalue weighted by Crippen LogP contribution is -2.07. The first-order valence-electron chi connectivity index (χ1n) is 5.17. The van der Waals surface area contributed by atoms with Crippen molar-refractivity contribution in [2.75, 3.05) is 19.1 Å². The number of hydrogen-bond donors (Lipinski definition) is 0. The lowest BCUT2D eigenvalue weighted by molar-refractivity contribution is 0.112. The third kappa shape index (κ3) is 2.47. The number of rotatable bonds is 4. The number of methoxy groups -OCH3 is 1. The molecule has 1 aromatic heterocycles. The molecule has 88 valence electrons. The Morgan fingerprint density at radius 1 is 1.29 bits per heavy atom. The molecule has 2 rings (SSSR count). The van der Waals surface area contributed by atoms with E-state index in [0.29, 0.717) is 0 Å². The number of ether oxygens (including phenoxy) is 1. The van der Waals surface area contributed by atoms with E-state index in [1.165, 1.54) is 11.3 Å². The van der Waals surface area contributed by atoms with Crippen LogP contribution < -0.4 is 9.64 Å². The molecule has 4 heteroatoms. The largest absolute Gasteiger partial charge is 0.497 e. The molecular formula is C13H13NO2S. The Morgan fingerprint density at radius 3 is 2.76 bits per heavy atom. The summed E-state index contributed by atoms with van der Waals surface area (Å²) < 4.78 is 5.19. The predicted octanol–water partition coefficient (Wildman–Crippen LogP) is 3.34. The number of anilines is 2. The van der Waals surface area contributed by atoms with E-state index < -0.39 is 0 Å². The SMILES string of the molecule is COc1cccc(N(C)c2ccc(C=O)s2)c1. The molecule has 0 saturated heterocycles. The number of nitrogens with zero attached hydrogens (tertiary/aromatic N) is 1. The molecule has 0 aliphatic heterocycles. The minimum absolute atomic E-state index is 0.731. The van der Waals surface area contributed by atoms with Crippen LogP contribution in [0.1, 0.15) is 9.67 Å². The lowest BCUT2D eigenvalue weighted by atomic mass is 10.3.